The number of ether oxygens (including phenoxy) is 2. The van der Waals surface area contributed by atoms with Crippen LogP contribution >= 0.6 is 0 Å². The van der Waals surface area contributed by atoms with Crippen LogP contribution in [0.3, 0.4) is 0 Å². The van der Waals surface area contributed by atoms with Gasteiger partial charge in [-0.3, -0.25) is 0 Å². The van der Waals surface area contributed by atoms with Crippen LogP contribution in [0.4, 0.5) is 8.78 Å². The molecule has 0 aromatic heterocycles. The fraction of sp³-hybridized carbons (Fsp3) is 0.333. The number of nitrogens with one attached hydrogen (secondary N) is 1. The molecule has 2 aromatic rings. The van der Waals surface area contributed by atoms with E-state index < -0.39 is 11.6 Å². The fourth-order valence-electron chi connectivity index (χ4n) is 2.52. The topological polar surface area (TPSA) is 30.5 Å². The van der Waals surface area contributed by atoms with Crippen LogP contribution in [0, 0.1) is 11.6 Å². The molecule has 0 amide bonds. The molecule has 1 saturated heterocycles. The molecule has 0 radical (unpaired) electrons. The second-order valence-corrected chi connectivity index (χ2v) is 5.61. The molecule has 2 aromatic carbocycles. The van der Waals surface area contributed by atoms with E-state index in [1.807, 2.05) is 12.1 Å². The first-order valence-corrected chi connectivity index (χ1v) is 7.74. The highest BCUT2D eigenvalue weighted by Crippen LogP contribution is 2.20. The Balaban J connectivity index is 1.49. The molecule has 1 N–H and O–H groups in total. The molecule has 0 saturated carbocycles. The molecule has 0 spiro atoms. The lowest BCUT2D eigenvalue weighted by Gasteiger charge is -2.12. The van der Waals surface area contributed by atoms with Crippen LogP contribution in [0.15, 0.2) is 42.5 Å². The van der Waals surface area contributed by atoms with Gasteiger partial charge in [-0.05, 0) is 61.3 Å². The molecule has 122 valence electrons. The number of halogens is 2. The Labute approximate surface area is 134 Å². The first kappa shape index (κ1) is 15.7. The van der Waals surface area contributed by atoms with E-state index in [1.165, 1.54) is 12.5 Å². The van der Waals surface area contributed by atoms with Crippen molar-refractivity contribution in [2.24, 2.45) is 0 Å². The number of rotatable bonds is 6. The summed E-state index contributed by atoms with van der Waals surface area (Å²) in [5, 5.41) is 3.38. The smallest absolute Gasteiger partial charge is 0.159 e. The average molecular weight is 319 g/mol. The van der Waals surface area contributed by atoms with Gasteiger partial charge >= 0.3 is 0 Å². The zero-order chi connectivity index (χ0) is 16.1. The van der Waals surface area contributed by atoms with Crippen LogP contribution in [0.1, 0.15) is 18.4 Å². The zero-order valence-electron chi connectivity index (χ0n) is 12.7. The van der Waals surface area contributed by atoms with E-state index in [4.69, 9.17) is 9.47 Å². The van der Waals surface area contributed by atoms with Crippen molar-refractivity contribution in [2.75, 3.05) is 13.2 Å². The summed E-state index contributed by atoms with van der Waals surface area (Å²) in [7, 11) is 0. The summed E-state index contributed by atoms with van der Waals surface area (Å²) >= 11 is 0. The molecule has 5 heteroatoms. The van der Waals surface area contributed by atoms with E-state index in [2.05, 4.69) is 5.32 Å². The van der Waals surface area contributed by atoms with Gasteiger partial charge in [0.15, 0.2) is 11.6 Å². The Kier molecular flexibility index (Phi) is 5.08. The van der Waals surface area contributed by atoms with E-state index in [0.717, 1.165) is 30.8 Å². The van der Waals surface area contributed by atoms with E-state index in [0.29, 0.717) is 24.0 Å². The van der Waals surface area contributed by atoms with Crippen molar-refractivity contribution in [1.82, 2.24) is 5.32 Å². The van der Waals surface area contributed by atoms with Crippen LogP contribution < -0.4 is 14.8 Å². The van der Waals surface area contributed by atoms with Crippen LogP contribution in [0.2, 0.25) is 0 Å². The van der Waals surface area contributed by atoms with Crippen molar-refractivity contribution in [1.29, 1.82) is 0 Å². The summed E-state index contributed by atoms with van der Waals surface area (Å²) in [6.07, 6.45) is 2.35. The van der Waals surface area contributed by atoms with Gasteiger partial charge in [-0.15, -0.1) is 0 Å². The normalized spacial score (nSPS) is 17.2. The number of hydrogen-bond donors (Lipinski definition) is 1. The van der Waals surface area contributed by atoms with Gasteiger partial charge in [0.1, 0.15) is 24.7 Å². The minimum Gasteiger partial charge on any atom is -0.492 e. The van der Waals surface area contributed by atoms with Crippen molar-refractivity contribution in [2.45, 2.75) is 25.5 Å². The van der Waals surface area contributed by atoms with E-state index in [1.54, 1.807) is 12.1 Å². The predicted octanol–water partition coefficient (Wildman–Crippen LogP) is 3.67. The molecule has 0 bridgehead atoms. The lowest BCUT2D eigenvalue weighted by molar-refractivity contribution is 0.275. The highest BCUT2D eigenvalue weighted by molar-refractivity contribution is 5.31. The van der Waals surface area contributed by atoms with Gasteiger partial charge < -0.3 is 14.8 Å². The molecule has 1 heterocycles. The number of hydrogen-bond acceptors (Lipinski definition) is 3. The van der Waals surface area contributed by atoms with Crippen LogP contribution in [-0.2, 0) is 6.61 Å². The van der Waals surface area contributed by atoms with Crippen molar-refractivity contribution in [3.63, 3.8) is 0 Å². The first-order valence-electron chi connectivity index (χ1n) is 7.74. The Hall–Kier alpha value is -2.14. The molecule has 1 aliphatic rings. The minimum absolute atomic E-state index is 0.184. The SMILES string of the molecule is Fc1ccc(COc2ccc(OC[C@H]3CCCN3)cc2)cc1F. The van der Waals surface area contributed by atoms with Crippen molar-refractivity contribution in [3.8, 4) is 11.5 Å². The Morgan fingerprint density at radius 3 is 2.35 bits per heavy atom. The Morgan fingerprint density at radius 2 is 1.70 bits per heavy atom. The van der Waals surface area contributed by atoms with Crippen molar-refractivity contribution < 1.29 is 18.3 Å². The second kappa shape index (κ2) is 7.42. The Morgan fingerprint density at radius 1 is 0.957 bits per heavy atom. The molecular formula is C18H19F2NO2. The summed E-state index contributed by atoms with van der Waals surface area (Å²) in [5.74, 6) is -0.276. The molecule has 1 aliphatic heterocycles. The van der Waals surface area contributed by atoms with Crippen molar-refractivity contribution in [3.05, 3.63) is 59.7 Å². The minimum atomic E-state index is -0.865. The van der Waals surface area contributed by atoms with Gasteiger partial charge in [0.05, 0.1) is 0 Å². The average Bonchev–Trinajstić information content (AvgIpc) is 3.08. The number of benzene rings is 2. The highest BCUT2D eigenvalue weighted by Gasteiger charge is 2.14. The standard InChI is InChI=1S/C18H19F2NO2/c19-17-8-3-13(10-18(17)20)11-22-15-4-6-16(7-5-15)23-12-14-2-1-9-21-14/h3-8,10,14,21H,1-2,9,11-12H2/t14-/m1/s1. The lowest BCUT2D eigenvalue weighted by Crippen LogP contribution is -2.28. The van der Waals surface area contributed by atoms with Gasteiger partial charge in [0, 0.05) is 6.04 Å². The van der Waals surface area contributed by atoms with Gasteiger partial charge in [0.2, 0.25) is 0 Å². The maximum atomic E-state index is 13.1. The van der Waals surface area contributed by atoms with Crippen LogP contribution in [0.25, 0.3) is 0 Å². The summed E-state index contributed by atoms with van der Waals surface area (Å²) in [6, 6.07) is 11.5. The molecule has 1 fully saturated rings. The third kappa shape index (κ3) is 4.42. The molecular weight excluding hydrogens is 300 g/mol. The van der Waals surface area contributed by atoms with Gasteiger partial charge in [-0.25, -0.2) is 8.78 Å². The largest absolute Gasteiger partial charge is 0.492 e. The maximum absolute atomic E-state index is 13.1. The fourth-order valence-corrected chi connectivity index (χ4v) is 2.52. The third-order valence-electron chi connectivity index (χ3n) is 3.83. The van der Waals surface area contributed by atoms with Gasteiger partial charge in [-0.2, -0.15) is 0 Å². The van der Waals surface area contributed by atoms with Crippen molar-refractivity contribution >= 4 is 0 Å². The maximum Gasteiger partial charge on any atom is 0.159 e. The van der Waals surface area contributed by atoms with Crippen LogP contribution in [0.5, 0.6) is 11.5 Å². The Bertz CT molecular complexity index is 640. The van der Waals surface area contributed by atoms with E-state index in [-0.39, 0.29) is 6.61 Å². The summed E-state index contributed by atoms with van der Waals surface area (Å²) in [5.41, 5.74) is 0.580. The lowest BCUT2D eigenvalue weighted by atomic mass is 10.2. The van der Waals surface area contributed by atoms with Crippen LogP contribution in [-0.4, -0.2) is 19.2 Å². The summed E-state index contributed by atoms with van der Waals surface area (Å²) in [6.45, 7) is 1.91. The van der Waals surface area contributed by atoms with E-state index >= 15 is 0 Å². The summed E-state index contributed by atoms with van der Waals surface area (Å²) in [4.78, 5) is 0. The molecule has 0 unspecified atom stereocenters. The monoisotopic (exact) mass is 319 g/mol. The molecule has 1 atom stereocenters. The third-order valence-corrected chi connectivity index (χ3v) is 3.83. The highest BCUT2D eigenvalue weighted by atomic mass is 19.2. The van der Waals surface area contributed by atoms with E-state index in [9.17, 15) is 8.78 Å². The first-order chi connectivity index (χ1) is 11.2. The summed E-state index contributed by atoms with van der Waals surface area (Å²) < 4.78 is 37.3. The predicted molar refractivity (Wildman–Crippen MR) is 83.7 cm³/mol. The van der Waals surface area contributed by atoms with Gasteiger partial charge in [-0.1, -0.05) is 6.07 Å². The quantitative estimate of drug-likeness (QED) is 0.881. The molecule has 3 rings (SSSR count). The zero-order valence-corrected chi connectivity index (χ0v) is 12.7. The second-order valence-electron chi connectivity index (χ2n) is 5.61. The van der Waals surface area contributed by atoms with Gasteiger partial charge in [0.25, 0.3) is 0 Å². The molecule has 23 heavy (non-hydrogen) atoms. The molecule has 3 nitrogen and oxygen atoms in total. The molecule has 0 aliphatic carbocycles.